The topological polar surface area (TPSA) is 273 Å². The maximum absolute atomic E-state index is 12.6. The van der Waals surface area contributed by atoms with Crippen LogP contribution >= 0.6 is 0 Å². The number of hydrogen-bond donors (Lipinski definition) is 9. The first-order valence-electron chi connectivity index (χ1n) is 9.17. The van der Waals surface area contributed by atoms with E-state index in [1.807, 2.05) is 5.32 Å². The molecular weight excluding hydrogens is 418 g/mol. The molecule has 0 bridgehead atoms. The van der Waals surface area contributed by atoms with Gasteiger partial charge in [-0.25, -0.2) is 4.79 Å². The van der Waals surface area contributed by atoms with Gasteiger partial charge in [0.05, 0.1) is 19.1 Å². The Balaban J connectivity index is 5.31. The van der Waals surface area contributed by atoms with Crippen molar-refractivity contribution >= 4 is 35.6 Å². The van der Waals surface area contributed by atoms with Crippen LogP contribution in [0.5, 0.6) is 0 Å². The van der Waals surface area contributed by atoms with E-state index in [9.17, 15) is 29.1 Å². The number of rotatable bonds is 14. The first-order chi connectivity index (χ1) is 14.4. The smallest absolute Gasteiger partial charge is 0.326 e. The molecule has 0 aromatic heterocycles. The van der Waals surface area contributed by atoms with Crippen molar-refractivity contribution in [3.63, 3.8) is 0 Å². The summed E-state index contributed by atoms with van der Waals surface area (Å²) in [7, 11) is 0. The van der Waals surface area contributed by atoms with Gasteiger partial charge in [0, 0.05) is 6.54 Å². The molecule has 12 N–H and O–H groups in total. The lowest BCUT2D eigenvalue weighted by atomic mass is 10.1. The van der Waals surface area contributed by atoms with Crippen LogP contribution in [0.25, 0.3) is 0 Å². The predicted molar refractivity (Wildman–Crippen MR) is 106 cm³/mol. The fraction of sp³-hybridized carbons (Fsp3) is 0.625. The van der Waals surface area contributed by atoms with E-state index in [1.54, 1.807) is 0 Å². The van der Waals surface area contributed by atoms with Crippen molar-refractivity contribution in [3.05, 3.63) is 0 Å². The van der Waals surface area contributed by atoms with Gasteiger partial charge in [-0.15, -0.1) is 0 Å². The van der Waals surface area contributed by atoms with Gasteiger partial charge in [-0.05, 0) is 19.8 Å². The molecule has 0 saturated carbocycles. The fourth-order valence-electron chi connectivity index (χ4n) is 2.32. The van der Waals surface area contributed by atoms with E-state index in [0.717, 1.165) is 6.92 Å². The zero-order chi connectivity index (χ0) is 24.1. The third-order valence-corrected chi connectivity index (χ3v) is 3.84. The lowest BCUT2D eigenvalue weighted by Crippen LogP contribution is -2.59. The maximum Gasteiger partial charge on any atom is 0.326 e. The quantitative estimate of drug-likeness (QED) is 0.0693. The Morgan fingerprint density at radius 2 is 1.58 bits per heavy atom. The van der Waals surface area contributed by atoms with E-state index in [-0.39, 0.29) is 25.3 Å². The van der Waals surface area contributed by atoms with Gasteiger partial charge in [0.25, 0.3) is 0 Å². The Morgan fingerprint density at radius 1 is 0.968 bits per heavy atom. The maximum atomic E-state index is 12.6. The highest BCUT2D eigenvalue weighted by Gasteiger charge is 2.32. The molecule has 4 atom stereocenters. The number of carbonyl (C=O) groups is 5. The van der Waals surface area contributed by atoms with Gasteiger partial charge in [-0.3, -0.25) is 24.2 Å². The van der Waals surface area contributed by atoms with Crippen LogP contribution in [0.3, 0.4) is 0 Å². The molecule has 0 aliphatic heterocycles. The average Bonchev–Trinajstić information content (AvgIpc) is 2.66. The molecule has 0 saturated heterocycles. The molecule has 15 nitrogen and oxygen atoms in total. The predicted octanol–water partition coefficient (Wildman–Crippen LogP) is -4.61. The molecule has 0 radical (unpaired) electrons. The largest absolute Gasteiger partial charge is 0.481 e. The molecule has 15 heteroatoms. The highest BCUT2D eigenvalue weighted by molar-refractivity contribution is 5.94. The number of aliphatic hydroxyl groups is 1. The van der Waals surface area contributed by atoms with Crippen LogP contribution in [0.4, 0.5) is 0 Å². The van der Waals surface area contributed by atoms with Crippen molar-refractivity contribution in [2.45, 2.75) is 50.4 Å². The number of carboxylic acids is 2. The van der Waals surface area contributed by atoms with Gasteiger partial charge in [0.1, 0.15) is 18.1 Å². The second-order valence-electron chi connectivity index (χ2n) is 6.50. The summed E-state index contributed by atoms with van der Waals surface area (Å²) in [6.07, 6.45) is -2.07. The number of aliphatic hydroxyl groups excluding tert-OH is 1. The third-order valence-electron chi connectivity index (χ3n) is 3.84. The minimum atomic E-state index is -1.78. The zero-order valence-corrected chi connectivity index (χ0v) is 16.9. The van der Waals surface area contributed by atoms with Gasteiger partial charge in [-0.2, -0.15) is 0 Å². The lowest BCUT2D eigenvalue weighted by molar-refractivity contribution is -0.148. The summed E-state index contributed by atoms with van der Waals surface area (Å²) in [4.78, 5) is 62.2. The van der Waals surface area contributed by atoms with Gasteiger partial charge in [-0.1, -0.05) is 0 Å². The van der Waals surface area contributed by atoms with Crippen LogP contribution in [0.1, 0.15) is 26.2 Å². The number of nitrogens with one attached hydrogen (secondary N) is 3. The summed E-state index contributed by atoms with van der Waals surface area (Å²) in [6.45, 7) is 0.900. The molecule has 0 spiro atoms. The van der Waals surface area contributed by atoms with Crippen molar-refractivity contribution in [3.8, 4) is 0 Å². The van der Waals surface area contributed by atoms with E-state index in [2.05, 4.69) is 15.6 Å². The molecule has 0 heterocycles. The van der Waals surface area contributed by atoms with Gasteiger partial charge >= 0.3 is 11.9 Å². The summed E-state index contributed by atoms with van der Waals surface area (Å²) in [6, 6.07) is -4.57. The number of amides is 3. The van der Waals surface area contributed by atoms with Crippen LogP contribution in [0.2, 0.25) is 0 Å². The molecular formula is C16H29N7O8. The summed E-state index contributed by atoms with van der Waals surface area (Å²) in [5, 5.41) is 34.1. The first kappa shape index (κ1) is 27.5. The summed E-state index contributed by atoms with van der Waals surface area (Å²) >= 11 is 0. The number of nitrogens with zero attached hydrogens (tertiary/aromatic N) is 1. The number of carboxylic acid groups (broad SMARTS) is 2. The molecule has 0 aromatic rings. The second-order valence-corrected chi connectivity index (χ2v) is 6.50. The van der Waals surface area contributed by atoms with E-state index < -0.39 is 66.9 Å². The molecule has 176 valence electrons. The first-order valence-corrected chi connectivity index (χ1v) is 9.17. The van der Waals surface area contributed by atoms with Crippen molar-refractivity contribution < 1.29 is 39.3 Å². The zero-order valence-electron chi connectivity index (χ0n) is 16.9. The minimum absolute atomic E-state index is 0.0548. The Morgan fingerprint density at radius 3 is 2.03 bits per heavy atom. The van der Waals surface area contributed by atoms with E-state index >= 15 is 0 Å². The van der Waals surface area contributed by atoms with E-state index in [4.69, 9.17) is 27.4 Å². The Hall–Kier alpha value is -3.46. The monoisotopic (exact) mass is 447 g/mol. The van der Waals surface area contributed by atoms with Crippen LogP contribution in [0, 0.1) is 0 Å². The number of nitrogens with two attached hydrogens (primary N) is 3. The fourth-order valence-corrected chi connectivity index (χ4v) is 2.32. The molecule has 0 aliphatic rings. The van der Waals surface area contributed by atoms with Crippen molar-refractivity contribution in [2.24, 2.45) is 22.2 Å². The molecule has 0 rings (SSSR count). The highest BCUT2D eigenvalue weighted by Crippen LogP contribution is 2.03. The number of carbonyl (C=O) groups excluding carboxylic acids is 3. The number of guanidine groups is 1. The summed E-state index contributed by atoms with van der Waals surface area (Å²) in [5.41, 5.74) is 15.6. The molecule has 0 fully saturated rings. The van der Waals surface area contributed by atoms with Crippen molar-refractivity contribution in [1.29, 1.82) is 0 Å². The summed E-state index contributed by atoms with van der Waals surface area (Å²) in [5.74, 6) is -5.89. The van der Waals surface area contributed by atoms with Crippen molar-refractivity contribution in [2.75, 3.05) is 13.1 Å². The van der Waals surface area contributed by atoms with Gasteiger partial charge < -0.3 is 48.5 Å². The average molecular weight is 447 g/mol. The minimum Gasteiger partial charge on any atom is -0.481 e. The molecule has 0 aliphatic carbocycles. The molecule has 3 amide bonds. The molecule has 31 heavy (non-hydrogen) atoms. The number of hydrogen-bond acceptors (Lipinski definition) is 8. The Kier molecular flexibility index (Phi) is 12.2. The van der Waals surface area contributed by atoms with E-state index in [1.165, 1.54) is 0 Å². The Bertz CT molecular complexity index is 693. The Labute approximate surface area is 177 Å². The highest BCUT2D eigenvalue weighted by atomic mass is 16.4. The number of aliphatic imine (C=N–C) groups is 1. The normalized spacial score (nSPS) is 14.3. The standard InChI is InChI=1S/C16H29N7O8/c1-7(24)12(14(29)22-9(15(30)31)5-11(26)27)23-13(28)8(21-10(25)6-17)3-2-4-20-16(18)19/h7-9,12,24H,2-6,17H2,1H3,(H,21,25)(H,22,29)(H,23,28)(H,26,27)(H,30,31)(H4,18,19,20). The summed E-state index contributed by atoms with van der Waals surface area (Å²) < 4.78 is 0. The SMILES string of the molecule is CC(O)C(NC(=O)C(CCCN=C(N)N)NC(=O)CN)C(=O)NC(CC(=O)O)C(=O)O. The van der Waals surface area contributed by atoms with Crippen LogP contribution in [-0.2, 0) is 24.0 Å². The van der Waals surface area contributed by atoms with Crippen LogP contribution in [-0.4, -0.2) is 88.3 Å². The van der Waals surface area contributed by atoms with Gasteiger partial charge in [0.15, 0.2) is 5.96 Å². The molecule has 0 aromatic carbocycles. The van der Waals surface area contributed by atoms with Crippen LogP contribution in [0.15, 0.2) is 4.99 Å². The number of aliphatic carboxylic acids is 2. The van der Waals surface area contributed by atoms with E-state index in [0.29, 0.717) is 0 Å². The second kappa shape index (κ2) is 13.7. The molecule has 4 unspecified atom stereocenters. The van der Waals surface area contributed by atoms with Gasteiger partial charge in [0.2, 0.25) is 17.7 Å². The van der Waals surface area contributed by atoms with Crippen LogP contribution < -0.4 is 33.2 Å². The third kappa shape index (κ3) is 11.3. The lowest BCUT2D eigenvalue weighted by Gasteiger charge is -2.25. The van der Waals surface area contributed by atoms with Crippen molar-refractivity contribution in [1.82, 2.24) is 16.0 Å².